The zero-order chi connectivity index (χ0) is 17.8. The molecule has 2 aromatic carbocycles. The van der Waals surface area contributed by atoms with Crippen molar-refractivity contribution >= 4 is 16.7 Å². The smallest absolute Gasteiger partial charge is 0.263 e. The second kappa shape index (κ2) is 7.38. The van der Waals surface area contributed by atoms with Crippen LogP contribution < -0.4 is 4.74 Å². The zero-order valence-corrected chi connectivity index (χ0v) is 14.8. The number of fused-ring (bicyclic) bond motifs is 1. The Balaban J connectivity index is 1.58. The van der Waals surface area contributed by atoms with Crippen LogP contribution in [-0.4, -0.2) is 40.3 Å². The molecule has 5 nitrogen and oxygen atoms in total. The highest BCUT2D eigenvalue weighted by Gasteiger charge is 2.19. The number of ether oxygens (including phenoxy) is 1. The molecule has 3 aromatic rings. The number of hydrogen-bond donors (Lipinski definition) is 0. The first-order chi connectivity index (χ1) is 12.0. The molecule has 1 atom stereocenters. The number of benzene rings is 2. The first-order valence-electron chi connectivity index (χ1n) is 8.41. The van der Waals surface area contributed by atoms with Crippen LogP contribution in [0.4, 0.5) is 0 Å². The van der Waals surface area contributed by atoms with E-state index in [4.69, 9.17) is 4.74 Å². The number of amides is 1. The number of rotatable bonds is 6. The molecule has 1 aromatic heterocycles. The largest absolute Gasteiger partial charge is 0.481 e. The molecule has 3 rings (SSSR count). The first-order valence-corrected chi connectivity index (χ1v) is 8.41. The minimum absolute atomic E-state index is 0.0305. The monoisotopic (exact) mass is 337 g/mol. The number of likely N-dealkylation sites (N-methyl/N-ethyl adjacent to an activating group) is 1. The van der Waals surface area contributed by atoms with Crippen LogP contribution in [0.1, 0.15) is 12.5 Å². The van der Waals surface area contributed by atoms with Gasteiger partial charge in [-0.2, -0.15) is 5.10 Å². The summed E-state index contributed by atoms with van der Waals surface area (Å²) in [5.74, 6) is 0.678. The van der Waals surface area contributed by atoms with Crippen molar-refractivity contribution in [1.82, 2.24) is 14.7 Å². The Hall–Kier alpha value is -2.82. The molecule has 0 unspecified atom stereocenters. The Morgan fingerprint density at radius 2 is 2.00 bits per heavy atom. The summed E-state index contributed by atoms with van der Waals surface area (Å²) in [5, 5.41) is 6.40. The minimum atomic E-state index is -0.528. The lowest BCUT2D eigenvalue weighted by molar-refractivity contribution is -0.136. The average molecular weight is 337 g/mol. The molecular weight excluding hydrogens is 314 g/mol. The van der Waals surface area contributed by atoms with E-state index in [-0.39, 0.29) is 5.91 Å². The summed E-state index contributed by atoms with van der Waals surface area (Å²) in [6, 6.07) is 14.0. The Labute approximate surface area is 147 Å². The fourth-order valence-corrected chi connectivity index (χ4v) is 2.81. The normalized spacial score (nSPS) is 12.1. The van der Waals surface area contributed by atoms with Gasteiger partial charge in [-0.3, -0.25) is 9.48 Å². The molecule has 0 aliphatic heterocycles. The summed E-state index contributed by atoms with van der Waals surface area (Å²) in [4.78, 5) is 14.2. The van der Waals surface area contributed by atoms with Gasteiger partial charge in [0.25, 0.3) is 5.91 Å². The zero-order valence-electron chi connectivity index (χ0n) is 14.8. The molecule has 0 bridgehead atoms. The standard InChI is InChI=1S/C20H23N3O2/c1-15(20(24)22(2)11-10-16-13-21-23(3)14-16)25-19-9-8-17-6-4-5-7-18(17)12-19/h4-9,12-15H,10-11H2,1-3H3/t15-/m1/s1. The first kappa shape index (κ1) is 17.0. The summed E-state index contributed by atoms with van der Waals surface area (Å²) in [6.07, 6.45) is 4.04. The fourth-order valence-electron chi connectivity index (χ4n) is 2.81. The van der Waals surface area contributed by atoms with E-state index in [0.29, 0.717) is 12.3 Å². The summed E-state index contributed by atoms with van der Waals surface area (Å²) < 4.78 is 7.62. The summed E-state index contributed by atoms with van der Waals surface area (Å²) >= 11 is 0. The van der Waals surface area contributed by atoms with Crippen LogP contribution in [0.25, 0.3) is 10.8 Å². The highest BCUT2D eigenvalue weighted by atomic mass is 16.5. The predicted octanol–water partition coefficient (Wildman–Crippen LogP) is 3.04. The molecule has 0 fully saturated rings. The van der Waals surface area contributed by atoms with Crippen molar-refractivity contribution in [1.29, 1.82) is 0 Å². The van der Waals surface area contributed by atoms with Crippen molar-refractivity contribution in [2.75, 3.05) is 13.6 Å². The lowest BCUT2D eigenvalue weighted by Crippen LogP contribution is -2.39. The van der Waals surface area contributed by atoms with E-state index in [9.17, 15) is 4.79 Å². The van der Waals surface area contributed by atoms with E-state index in [1.807, 2.05) is 55.8 Å². The van der Waals surface area contributed by atoms with Crippen molar-refractivity contribution in [2.45, 2.75) is 19.4 Å². The van der Waals surface area contributed by atoms with Gasteiger partial charge in [0.2, 0.25) is 0 Å². The van der Waals surface area contributed by atoms with Crippen molar-refractivity contribution in [3.63, 3.8) is 0 Å². The molecule has 0 saturated carbocycles. The molecule has 0 aliphatic rings. The van der Waals surface area contributed by atoms with Gasteiger partial charge in [-0.15, -0.1) is 0 Å². The van der Waals surface area contributed by atoms with E-state index in [1.54, 1.807) is 23.6 Å². The summed E-state index contributed by atoms with van der Waals surface area (Å²) in [7, 11) is 3.69. The van der Waals surface area contributed by atoms with Gasteiger partial charge in [-0.1, -0.05) is 30.3 Å². The number of aryl methyl sites for hydroxylation is 1. The summed E-state index contributed by atoms with van der Waals surface area (Å²) in [5.41, 5.74) is 1.12. The van der Waals surface area contributed by atoms with Crippen LogP contribution in [0.15, 0.2) is 54.9 Å². The van der Waals surface area contributed by atoms with Gasteiger partial charge in [0.05, 0.1) is 6.20 Å². The molecule has 0 radical (unpaired) electrons. The fraction of sp³-hybridized carbons (Fsp3) is 0.300. The van der Waals surface area contributed by atoms with Crippen molar-refractivity contribution in [2.24, 2.45) is 7.05 Å². The Bertz CT molecular complexity index is 872. The quantitative estimate of drug-likeness (QED) is 0.694. The van der Waals surface area contributed by atoms with Crippen LogP contribution in [0, 0.1) is 0 Å². The topological polar surface area (TPSA) is 47.4 Å². The van der Waals surface area contributed by atoms with Crippen LogP contribution >= 0.6 is 0 Å². The lowest BCUT2D eigenvalue weighted by atomic mass is 10.1. The second-order valence-electron chi connectivity index (χ2n) is 6.30. The average Bonchev–Trinajstić information content (AvgIpc) is 3.04. The van der Waals surface area contributed by atoms with Crippen LogP contribution in [0.3, 0.4) is 0 Å². The number of hydrogen-bond acceptors (Lipinski definition) is 3. The summed E-state index contributed by atoms with van der Waals surface area (Å²) in [6.45, 7) is 2.42. The number of aromatic nitrogens is 2. The van der Waals surface area contributed by atoms with E-state index >= 15 is 0 Å². The number of carbonyl (C=O) groups excluding carboxylic acids is 1. The maximum Gasteiger partial charge on any atom is 0.263 e. The molecule has 25 heavy (non-hydrogen) atoms. The molecule has 0 N–H and O–H groups in total. The Morgan fingerprint density at radius 1 is 1.24 bits per heavy atom. The van der Waals surface area contributed by atoms with Crippen molar-refractivity contribution in [3.8, 4) is 5.75 Å². The Kier molecular flexibility index (Phi) is 5.03. The highest BCUT2D eigenvalue weighted by Crippen LogP contribution is 2.21. The molecular formula is C20H23N3O2. The van der Waals surface area contributed by atoms with Gasteiger partial charge in [-0.05, 0) is 41.8 Å². The molecule has 130 valence electrons. The molecule has 0 spiro atoms. The van der Waals surface area contributed by atoms with Crippen LogP contribution in [-0.2, 0) is 18.3 Å². The SMILES string of the molecule is C[C@@H](Oc1ccc2ccccc2c1)C(=O)N(C)CCc1cnn(C)c1. The second-order valence-corrected chi connectivity index (χ2v) is 6.30. The highest BCUT2D eigenvalue weighted by molar-refractivity contribution is 5.84. The van der Waals surface area contributed by atoms with E-state index in [2.05, 4.69) is 11.2 Å². The maximum absolute atomic E-state index is 12.5. The van der Waals surface area contributed by atoms with E-state index in [1.165, 1.54) is 0 Å². The van der Waals surface area contributed by atoms with E-state index < -0.39 is 6.10 Å². The molecule has 0 saturated heterocycles. The van der Waals surface area contributed by atoms with Crippen molar-refractivity contribution < 1.29 is 9.53 Å². The maximum atomic E-state index is 12.5. The third-order valence-electron chi connectivity index (χ3n) is 4.25. The van der Waals surface area contributed by atoms with Gasteiger partial charge in [-0.25, -0.2) is 0 Å². The van der Waals surface area contributed by atoms with Crippen molar-refractivity contribution in [3.05, 3.63) is 60.4 Å². The van der Waals surface area contributed by atoms with Gasteiger partial charge in [0.15, 0.2) is 6.10 Å². The number of nitrogens with zero attached hydrogens (tertiary/aromatic N) is 3. The third kappa shape index (κ3) is 4.18. The molecule has 0 aliphatic carbocycles. The van der Waals surface area contributed by atoms with E-state index in [0.717, 1.165) is 22.8 Å². The van der Waals surface area contributed by atoms with Gasteiger partial charge < -0.3 is 9.64 Å². The Morgan fingerprint density at radius 3 is 2.72 bits per heavy atom. The third-order valence-corrected chi connectivity index (χ3v) is 4.25. The molecule has 1 heterocycles. The van der Waals surface area contributed by atoms with Gasteiger partial charge >= 0.3 is 0 Å². The van der Waals surface area contributed by atoms with Gasteiger partial charge in [0.1, 0.15) is 5.75 Å². The van der Waals surface area contributed by atoms with Crippen LogP contribution in [0.2, 0.25) is 0 Å². The van der Waals surface area contributed by atoms with Crippen LogP contribution in [0.5, 0.6) is 5.75 Å². The molecule has 1 amide bonds. The van der Waals surface area contributed by atoms with Gasteiger partial charge in [0, 0.05) is 26.8 Å². The lowest BCUT2D eigenvalue weighted by Gasteiger charge is -2.22. The molecule has 5 heteroatoms. The number of carbonyl (C=O) groups is 1. The minimum Gasteiger partial charge on any atom is -0.481 e. The predicted molar refractivity (Wildman–Crippen MR) is 98.6 cm³/mol.